The topological polar surface area (TPSA) is 87.3 Å². The Hall–Kier alpha value is -2.67. The third-order valence-corrected chi connectivity index (χ3v) is 4.56. The molecule has 0 fully saturated rings. The highest BCUT2D eigenvalue weighted by Gasteiger charge is 2.07. The van der Waals surface area contributed by atoms with Crippen molar-refractivity contribution in [3.05, 3.63) is 60.2 Å². The molecular weight excluding hydrogens is 326 g/mol. The van der Waals surface area contributed by atoms with Gasteiger partial charge in [0.05, 0.1) is 23.1 Å². The zero-order chi connectivity index (χ0) is 17.4. The van der Waals surface area contributed by atoms with Crippen LogP contribution in [0.3, 0.4) is 0 Å². The molecule has 0 aliphatic rings. The van der Waals surface area contributed by atoms with Gasteiger partial charge in [-0.2, -0.15) is 0 Å². The second-order valence-electron chi connectivity index (χ2n) is 4.98. The molecule has 0 aromatic heterocycles. The molecule has 0 aliphatic carbocycles. The van der Waals surface area contributed by atoms with E-state index in [-0.39, 0.29) is 6.54 Å². The van der Waals surface area contributed by atoms with Crippen LogP contribution in [0.15, 0.2) is 59.5 Å². The van der Waals surface area contributed by atoms with Crippen molar-refractivity contribution in [3.8, 4) is 0 Å². The largest absolute Gasteiger partial charge is 0.376 e. The maximum atomic E-state index is 12.3. The first-order valence-corrected chi connectivity index (χ1v) is 8.68. The molecule has 6 nitrogen and oxygen atoms in total. The summed E-state index contributed by atoms with van der Waals surface area (Å²) in [5.41, 5.74) is 1.62. The number of nitrogens with one attached hydrogen (secondary N) is 3. The van der Waals surface area contributed by atoms with Gasteiger partial charge in [0.15, 0.2) is 0 Å². The SMILES string of the molecule is CNC(=O)NC(=O)CNc1cccc(CS(=O)c2ccccc2)c1. The number of imide groups is 1. The van der Waals surface area contributed by atoms with Crippen LogP contribution in [0.2, 0.25) is 0 Å². The molecule has 0 saturated heterocycles. The summed E-state index contributed by atoms with van der Waals surface area (Å²) in [5.74, 6) is -0.0446. The minimum atomic E-state index is -1.12. The van der Waals surface area contributed by atoms with Crippen molar-refractivity contribution in [2.45, 2.75) is 10.6 Å². The second kappa shape index (κ2) is 8.83. The highest BCUT2D eigenvalue weighted by Crippen LogP contribution is 2.15. The summed E-state index contributed by atoms with van der Waals surface area (Å²) >= 11 is 0. The maximum Gasteiger partial charge on any atom is 0.321 e. The average molecular weight is 345 g/mol. The lowest BCUT2D eigenvalue weighted by Crippen LogP contribution is -2.40. The van der Waals surface area contributed by atoms with E-state index in [4.69, 9.17) is 0 Å². The zero-order valence-corrected chi connectivity index (χ0v) is 14.1. The predicted octanol–water partition coefficient (Wildman–Crippen LogP) is 1.86. The zero-order valence-electron chi connectivity index (χ0n) is 13.2. The first-order valence-electron chi connectivity index (χ1n) is 7.36. The molecule has 1 unspecified atom stereocenters. The molecule has 0 aliphatic heterocycles. The number of hydrogen-bond donors (Lipinski definition) is 3. The molecule has 24 heavy (non-hydrogen) atoms. The molecule has 1 atom stereocenters. The van der Waals surface area contributed by atoms with Gasteiger partial charge in [0.25, 0.3) is 0 Å². The molecule has 0 bridgehead atoms. The Morgan fingerprint density at radius 3 is 2.50 bits per heavy atom. The number of carbonyl (C=O) groups is 2. The lowest BCUT2D eigenvalue weighted by Gasteiger charge is -2.09. The third kappa shape index (κ3) is 5.51. The standard InChI is InChI=1S/C17H19N3O3S/c1-18-17(22)20-16(21)11-19-14-7-5-6-13(10-14)12-24(23)15-8-3-2-4-9-15/h2-10,19H,11-12H2,1H3,(H2,18,20,21,22). The Morgan fingerprint density at radius 1 is 1.04 bits per heavy atom. The molecule has 0 spiro atoms. The van der Waals surface area contributed by atoms with Crippen LogP contribution in [0.5, 0.6) is 0 Å². The van der Waals surface area contributed by atoms with Crippen molar-refractivity contribution < 1.29 is 13.8 Å². The highest BCUT2D eigenvalue weighted by atomic mass is 32.2. The van der Waals surface area contributed by atoms with E-state index in [1.807, 2.05) is 54.6 Å². The van der Waals surface area contributed by atoms with Crippen LogP contribution in [0.25, 0.3) is 0 Å². The van der Waals surface area contributed by atoms with E-state index in [0.29, 0.717) is 5.75 Å². The quantitative estimate of drug-likeness (QED) is 0.746. The molecular formula is C17H19N3O3S. The Labute approximate surface area is 143 Å². The van der Waals surface area contributed by atoms with Crippen LogP contribution >= 0.6 is 0 Å². The number of benzene rings is 2. The molecule has 7 heteroatoms. The molecule has 0 heterocycles. The first-order chi connectivity index (χ1) is 11.6. The Balaban J connectivity index is 1.93. The van der Waals surface area contributed by atoms with Crippen molar-refractivity contribution in [3.63, 3.8) is 0 Å². The van der Waals surface area contributed by atoms with Gasteiger partial charge in [0, 0.05) is 17.6 Å². The van der Waals surface area contributed by atoms with Crippen molar-refractivity contribution in [2.24, 2.45) is 0 Å². The molecule has 3 N–H and O–H groups in total. The maximum absolute atomic E-state index is 12.3. The van der Waals surface area contributed by atoms with Gasteiger partial charge in [-0.25, -0.2) is 4.79 Å². The average Bonchev–Trinajstić information content (AvgIpc) is 2.61. The second-order valence-corrected chi connectivity index (χ2v) is 6.44. The Kier molecular flexibility index (Phi) is 6.51. The van der Waals surface area contributed by atoms with Gasteiger partial charge >= 0.3 is 6.03 Å². The van der Waals surface area contributed by atoms with Gasteiger partial charge in [-0.05, 0) is 29.8 Å². The van der Waals surface area contributed by atoms with Crippen molar-refractivity contribution in [1.29, 1.82) is 0 Å². The van der Waals surface area contributed by atoms with E-state index in [0.717, 1.165) is 16.1 Å². The van der Waals surface area contributed by atoms with Crippen LogP contribution in [0, 0.1) is 0 Å². The molecule has 0 radical (unpaired) electrons. The van der Waals surface area contributed by atoms with Crippen molar-refractivity contribution >= 4 is 28.4 Å². The number of anilines is 1. The van der Waals surface area contributed by atoms with E-state index in [1.165, 1.54) is 7.05 Å². The van der Waals surface area contributed by atoms with Crippen molar-refractivity contribution in [1.82, 2.24) is 10.6 Å². The van der Waals surface area contributed by atoms with E-state index in [1.54, 1.807) is 0 Å². The number of hydrogen-bond acceptors (Lipinski definition) is 4. The van der Waals surface area contributed by atoms with Crippen LogP contribution < -0.4 is 16.0 Å². The van der Waals surface area contributed by atoms with Crippen LogP contribution in [-0.2, 0) is 21.3 Å². The number of urea groups is 1. The summed E-state index contributed by atoms with van der Waals surface area (Å²) in [7, 11) is 0.312. The summed E-state index contributed by atoms with van der Waals surface area (Å²) in [6.45, 7) is -0.0291. The summed E-state index contributed by atoms with van der Waals surface area (Å²) < 4.78 is 12.3. The normalized spacial score (nSPS) is 11.4. The highest BCUT2D eigenvalue weighted by molar-refractivity contribution is 7.84. The number of carbonyl (C=O) groups excluding carboxylic acids is 2. The number of rotatable bonds is 6. The van der Waals surface area contributed by atoms with E-state index < -0.39 is 22.7 Å². The van der Waals surface area contributed by atoms with Crippen molar-refractivity contribution in [2.75, 3.05) is 18.9 Å². The third-order valence-electron chi connectivity index (χ3n) is 3.16. The van der Waals surface area contributed by atoms with Crippen LogP contribution in [0.1, 0.15) is 5.56 Å². The smallest absolute Gasteiger partial charge is 0.321 e. The monoisotopic (exact) mass is 345 g/mol. The molecule has 2 rings (SSSR count). The molecule has 0 saturated carbocycles. The Bertz CT molecular complexity index is 735. The van der Waals surface area contributed by atoms with Gasteiger partial charge in [-0.1, -0.05) is 30.3 Å². The predicted molar refractivity (Wildman–Crippen MR) is 94.1 cm³/mol. The van der Waals surface area contributed by atoms with Gasteiger partial charge in [-0.15, -0.1) is 0 Å². The Morgan fingerprint density at radius 2 is 1.79 bits per heavy atom. The molecule has 3 amide bonds. The minimum Gasteiger partial charge on any atom is -0.376 e. The van der Waals surface area contributed by atoms with E-state index >= 15 is 0 Å². The van der Waals surface area contributed by atoms with Gasteiger partial charge < -0.3 is 10.6 Å². The van der Waals surface area contributed by atoms with Crippen LogP contribution in [-0.4, -0.2) is 29.7 Å². The van der Waals surface area contributed by atoms with E-state index in [2.05, 4.69) is 16.0 Å². The minimum absolute atomic E-state index is 0.0291. The molecule has 2 aromatic rings. The summed E-state index contributed by atoms with van der Waals surface area (Å²) in [6, 6.07) is 16.1. The lowest BCUT2D eigenvalue weighted by molar-refractivity contribution is -0.118. The lowest BCUT2D eigenvalue weighted by atomic mass is 10.2. The van der Waals surface area contributed by atoms with Gasteiger partial charge in [0.1, 0.15) is 0 Å². The summed E-state index contributed by atoms with van der Waals surface area (Å²) in [6.07, 6.45) is 0. The fourth-order valence-electron chi connectivity index (χ4n) is 1.99. The summed E-state index contributed by atoms with van der Waals surface area (Å²) in [4.78, 5) is 23.4. The molecule has 126 valence electrons. The first kappa shape index (κ1) is 17.7. The fourth-order valence-corrected chi connectivity index (χ4v) is 3.10. The van der Waals surface area contributed by atoms with Gasteiger partial charge in [0.2, 0.25) is 5.91 Å². The van der Waals surface area contributed by atoms with Gasteiger partial charge in [-0.3, -0.25) is 14.3 Å². The molecule has 2 aromatic carbocycles. The summed E-state index contributed by atoms with van der Waals surface area (Å²) in [5, 5.41) is 7.41. The van der Waals surface area contributed by atoms with Crippen LogP contribution in [0.4, 0.5) is 10.5 Å². The fraction of sp³-hybridized carbons (Fsp3) is 0.176. The van der Waals surface area contributed by atoms with E-state index in [9.17, 15) is 13.8 Å². The number of amides is 3.